The molecular formula is C65H82F2N6O8S2. The average Bonchev–Trinajstić information content (AvgIpc) is 3.59. The van der Waals surface area contributed by atoms with Gasteiger partial charge >= 0.3 is 11.9 Å². The highest BCUT2D eigenvalue weighted by molar-refractivity contribution is 7.59. The monoisotopic (exact) mass is 1180 g/mol. The molecule has 0 amide bonds. The number of hydrogen-bond acceptors (Lipinski definition) is 11. The number of carboxylic acid groups (broad SMARTS) is 1. The fraction of sp³-hybridized carbons (Fsp3) is 0.446. The van der Waals surface area contributed by atoms with Crippen LogP contribution in [0, 0.1) is 39.5 Å². The summed E-state index contributed by atoms with van der Waals surface area (Å²) in [6.45, 7) is 18.6. The second kappa shape index (κ2) is 30.8. The summed E-state index contributed by atoms with van der Waals surface area (Å²) >= 11 is 0. The molecule has 4 atom stereocenters. The SMILES string of the molecule is COC(=O)C[C@H](CC(=O)C(CC(C)C)n1cc(CN2CC(F)C2)ccc1=O)c1cncc(-c2c(C)cccc2C)c1.Cc1cccc(C)c1-c1cncc([C@H](CC(=O)O)CC(=O)C(CC(C)C)n2cc(CN3CC(F)C3)ccc2=O)c1.S.S. The molecule has 2 aliphatic rings. The van der Waals surface area contributed by atoms with Gasteiger partial charge in [0.2, 0.25) is 0 Å². The third-order valence-electron chi connectivity index (χ3n) is 15.4. The van der Waals surface area contributed by atoms with Crippen molar-refractivity contribution in [1.29, 1.82) is 0 Å². The Kier molecular flexibility index (Phi) is 24.9. The minimum absolute atomic E-state index is 0. The number of carbonyl (C=O) groups is 4. The fourth-order valence-electron chi connectivity index (χ4n) is 11.3. The Bertz CT molecular complexity index is 3280. The van der Waals surface area contributed by atoms with Crippen LogP contribution < -0.4 is 11.1 Å². The molecule has 4 aromatic heterocycles. The van der Waals surface area contributed by atoms with E-state index in [0.29, 0.717) is 57.7 Å². The van der Waals surface area contributed by atoms with Crippen molar-refractivity contribution < 1.29 is 37.8 Å². The number of rotatable bonds is 24. The van der Waals surface area contributed by atoms with Crippen LogP contribution in [-0.2, 0) is 37.0 Å². The number of likely N-dealkylation sites (tertiary alicyclic amines) is 2. The number of pyridine rings is 4. The number of esters is 1. The lowest BCUT2D eigenvalue weighted by molar-refractivity contribution is -0.141. The number of carbonyl (C=O) groups excluding carboxylic acids is 3. The Morgan fingerprint density at radius 2 is 0.952 bits per heavy atom. The third kappa shape index (κ3) is 18.2. The number of halogens is 2. The van der Waals surface area contributed by atoms with E-state index >= 15 is 0 Å². The molecule has 1 N–H and O–H groups in total. The first-order valence-electron chi connectivity index (χ1n) is 28.1. The van der Waals surface area contributed by atoms with E-state index in [1.54, 1.807) is 49.3 Å². The third-order valence-corrected chi connectivity index (χ3v) is 15.4. The summed E-state index contributed by atoms with van der Waals surface area (Å²) < 4.78 is 34.6. The molecular weight excluding hydrogens is 1090 g/mol. The van der Waals surface area contributed by atoms with Crippen LogP contribution in [0.2, 0.25) is 0 Å². The predicted molar refractivity (Wildman–Crippen MR) is 331 cm³/mol. The Morgan fingerprint density at radius 3 is 1.29 bits per heavy atom. The molecule has 0 bridgehead atoms. The zero-order valence-corrected chi connectivity index (χ0v) is 51.2. The molecule has 83 heavy (non-hydrogen) atoms. The topological polar surface area (TPSA) is 174 Å². The van der Waals surface area contributed by atoms with Crippen molar-refractivity contribution >= 4 is 50.5 Å². The molecule has 2 aromatic carbocycles. The van der Waals surface area contributed by atoms with Crippen LogP contribution in [0.5, 0.6) is 0 Å². The molecule has 14 nitrogen and oxygen atoms in total. The van der Waals surface area contributed by atoms with Crippen LogP contribution in [0.1, 0.15) is 135 Å². The lowest BCUT2D eigenvalue weighted by Gasteiger charge is -2.34. The van der Waals surface area contributed by atoms with E-state index in [0.717, 1.165) is 61.2 Å². The number of alkyl halides is 2. The van der Waals surface area contributed by atoms with Crippen LogP contribution in [0.25, 0.3) is 22.3 Å². The van der Waals surface area contributed by atoms with Crippen LogP contribution in [0.4, 0.5) is 8.78 Å². The highest BCUT2D eigenvalue weighted by atomic mass is 32.1. The van der Waals surface area contributed by atoms with Gasteiger partial charge in [-0.1, -0.05) is 76.2 Å². The largest absolute Gasteiger partial charge is 0.481 e. The number of aliphatic carboxylic acids is 1. The van der Waals surface area contributed by atoms with Gasteiger partial charge in [-0.2, -0.15) is 27.0 Å². The van der Waals surface area contributed by atoms with Gasteiger partial charge in [0.05, 0.1) is 32.0 Å². The molecule has 2 unspecified atom stereocenters. The number of ether oxygens (including phenoxy) is 1. The minimum atomic E-state index is -1.00. The molecule has 446 valence electrons. The summed E-state index contributed by atoms with van der Waals surface area (Å²) in [5, 5.41) is 9.73. The van der Waals surface area contributed by atoms with Gasteiger partial charge in [0.1, 0.15) is 12.3 Å². The number of methoxy groups -OCH3 is 1. The van der Waals surface area contributed by atoms with E-state index in [1.165, 1.54) is 28.4 Å². The molecule has 0 aliphatic carbocycles. The normalized spacial score (nSPS) is 15.1. The minimum Gasteiger partial charge on any atom is -0.481 e. The number of carboxylic acids is 1. The van der Waals surface area contributed by atoms with Crippen LogP contribution in [0.15, 0.2) is 120 Å². The van der Waals surface area contributed by atoms with Gasteiger partial charge in [-0.3, -0.25) is 48.5 Å². The summed E-state index contributed by atoms with van der Waals surface area (Å²) in [7, 11) is 1.34. The molecule has 6 heterocycles. The molecule has 2 aliphatic heterocycles. The first-order valence-corrected chi connectivity index (χ1v) is 28.1. The van der Waals surface area contributed by atoms with Crippen LogP contribution in [0.3, 0.4) is 0 Å². The maximum atomic E-state index is 14.0. The predicted octanol–water partition coefficient (Wildman–Crippen LogP) is 11.3. The number of aromatic nitrogens is 4. The van der Waals surface area contributed by atoms with Crippen molar-refractivity contribution in [1.82, 2.24) is 28.9 Å². The fourth-order valence-corrected chi connectivity index (χ4v) is 11.3. The number of nitrogens with zero attached hydrogens (tertiary/aromatic N) is 6. The van der Waals surface area contributed by atoms with Gasteiger partial charge in [-0.05, 0) is 120 Å². The zero-order chi connectivity index (χ0) is 58.7. The summed E-state index contributed by atoms with van der Waals surface area (Å²) in [6, 6.07) is 21.0. The van der Waals surface area contributed by atoms with Crippen molar-refractivity contribution in [2.24, 2.45) is 11.8 Å². The number of ketones is 2. The quantitative estimate of drug-likeness (QED) is 0.0569. The maximum Gasteiger partial charge on any atom is 0.306 e. The standard InChI is InChI=1S/C33H40FN3O4.C32H38FN3O4.2H2S/c1-21(2)11-29(37-18-24(9-10-31(37)39)17-36-19-28(34)20-36)30(38)13-25(14-32(40)41-5)26-12-27(16-35-15-26)33-22(3)7-6-8-23(33)4;1-20(2)10-28(36-17-23(8-9-30(36)38)16-35-18-27(33)19-35)29(37)12-24(13-31(39)40)25-11-26(15-34-14-25)32-21(3)6-5-7-22(32)4;;/h6-10,12,15-16,18,21,25,28-29H,11,13-14,17,19-20H2,1-5H3;5-9,11,14-15,17,20,24,27-28H,10,12-13,16,18-19H2,1-4H3,(H,39,40);2*1H2/t25-,29?;24-,28?;;/m00../s1. The summed E-state index contributed by atoms with van der Waals surface area (Å²) in [6.07, 6.45) is 9.41. The van der Waals surface area contributed by atoms with E-state index in [4.69, 9.17) is 4.74 Å². The second-order valence-corrected chi connectivity index (χ2v) is 23.1. The lowest BCUT2D eigenvalue weighted by atomic mass is 9.86. The van der Waals surface area contributed by atoms with Gasteiger partial charge in [0.25, 0.3) is 11.1 Å². The molecule has 18 heteroatoms. The van der Waals surface area contributed by atoms with Crippen molar-refractivity contribution in [2.45, 2.75) is 143 Å². The van der Waals surface area contributed by atoms with Gasteiger partial charge in [0.15, 0.2) is 11.6 Å². The second-order valence-electron chi connectivity index (χ2n) is 23.1. The Hall–Kier alpha value is -6.60. The number of benzene rings is 2. The van der Waals surface area contributed by atoms with E-state index in [1.807, 2.05) is 114 Å². The average molecular weight is 1180 g/mol. The van der Waals surface area contributed by atoms with Crippen molar-refractivity contribution in [2.75, 3.05) is 33.3 Å². The molecule has 6 aromatic rings. The van der Waals surface area contributed by atoms with Gasteiger partial charge in [-0.15, -0.1) is 0 Å². The smallest absolute Gasteiger partial charge is 0.306 e. The highest BCUT2D eigenvalue weighted by Crippen LogP contribution is 2.35. The molecule has 2 fully saturated rings. The summed E-state index contributed by atoms with van der Waals surface area (Å²) in [5.41, 5.74) is 10.9. The van der Waals surface area contributed by atoms with Gasteiger partial charge < -0.3 is 19.0 Å². The van der Waals surface area contributed by atoms with E-state index in [9.17, 15) is 42.7 Å². The van der Waals surface area contributed by atoms with Gasteiger partial charge in [-0.25, -0.2) is 8.78 Å². The lowest BCUT2D eigenvalue weighted by Crippen LogP contribution is -2.47. The van der Waals surface area contributed by atoms with E-state index < -0.39 is 48.2 Å². The van der Waals surface area contributed by atoms with Crippen molar-refractivity contribution in [3.05, 3.63) is 175 Å². The van der Waals surface area contributed by atoms with E-state index in [-0.39, 0.29) is 87.2 Å². The highest BCUT2D eigenvalue weighted by Gasteiger charge is 2.32. The summed E-state index contributed by atoms with van der Waals surface area (Å²) in [4.78, 5) is 91.0. The van der Waals surface area contributed by atoms with Crippen molar-refractivity contribution in [3.63, 3.8) is 0 Å². The van der Waals surface area contributed by atoms with E-state index in [2.05, 4.69) is 9.97 Å². The number of hydrogen-bond donors (Lipinski definition) is 1. The first kappa shape index (κ1) is 67.2. The Morgan fingerprint density at radius 1 is 0.578 bits per heavy atom. The molecule has 2 saturated heterocycles. The zero-order valence-electron chi connectivity index (χ0n) is 49.2. The molecule has 8 rings (SSSR count). The van der Waals surface area contributed by atoms with Crippen LogP contribution in [-0.4, -0.2) is 103 Å². The first-order chi connectivity index (χ1) is 38.6. The van der Waals surface area contributed by atoms with Gasteiger partial charge in [0, 0.05) is 124 Å². The number of Topliss-reactive ketones (excluding diaryl/α,β-unsaturated/α-hetero) is 2. The molecule has 0 spiro atoms. The molecule has 0 saturated carbocycles. The van der Waals surface area contributed by atoms with Crippen LogP contribution >= 0.6 is 27.0 Å². The Balaban J connectivity index is 0.000000297. The summed E-state index contributed by atoms with van der Waals surface area (Å²) in [5.74, 6) is -2.53. The number of aryl methyl sites for hydroxylation is 4. The van der Waals surface area contributed by atoms with Crippen molar-refractivity contribution in [3.8, 4) is 22.3 Å². The Labute approximate surface area is 500 Å². The molecule has 0 radical (unpaired) electrons. The maximum absolute atomic E-state index is 14.0.